The number of likely N-dealkylation sites (tertiary alicyclic amines) is 1. The minimum absolute atomic E-state index is 0.105. The Morgan fingerprint density at radius 2 is 1.73 bits per heavy atom. The Morgan fingerprint density at radius 3 is 2.32 bits per heavy atom. The standard InChI is InChI=1S/C18H33NO3/c1-4-5-6-7-8-9-10-11-12-19-14-16(13-17(19)20)18(21)22-15(2)3/h15-16H,4-14H2,1-3H3. The summed E-state index contributed by atoms with van der Waals surface area (Å²) in [7, 11) is 0. The number of hydrogen-bond acceptors (Lipinski definition) is 3. The third-order valence-corrected chi connectivity index (χ3v) is 4.18. The molecule has 1 amide bonds. The van der Waals surface area contributed by atoms with Crippen molar-refractivity contribution in [2.24, 2.45) is 5.92 Å². The zero-order chi connectivity index (χ0) is 16.4. The van der Waals surface area contributed by atoms with Gasteiger partial charge in [-0.05, 0) is 20.3 Å². The average Bonchev–Trinajstić information content (AvgIpc) is 2.82. The van der Waals surface area contributed by atoms with E-state index in [2.05, 4.69) is 6.92 Å². The summed E-state index contributed by atoms with van der Waals surface area (Å²) in [6.45, 7) is 7.25. The first-order valence-electron chi connectivity index (χ1n) is 9.02. The number of rotatable bonds is 11. The highest BCUT2D eigenvalue weighted by Gasteiger charge is 2.35. The molecule has 22 heavy (non-hydrogen) atoms. The fraction of sp³-hybridized carbons (Fsp3) is 0.889. The summed E-state index contributed by atoms with van der Waals surface area (Å²) in [5, 5.41) is 0. The third kappa shape index (κ3) is 7.28. The van der Waals surface area contributed by atoms with E-state index in [0.717, 1.165) is 13.0 Å². The quantitative estimate of drug-likeness (QED) is 0.429. The lowest BCUT2D eigenvalue weighted by Crippen LogP contribution is -2.28. The van der Waals surface area contributed by atoms with Gasteiger partial charge in [0.05, 0.1) is 12.0 Å². The number of unbranched alkanes of at least 4 members (excludes halogenated alkanes) is 7. The van der Waals surface area contributed by atoms with Gasteiger partial charge in [0.25, 0.3) is 0 Å². The summed E-state index contributed by atoms with van der Waals surface area (Å²) in [5.74, 6) is -0.376. The fourth-order valence-corrected chi connectivity index (χ4v) is 2.91. The summed E-state index contributed by atoms with van der Waals surface area (Å²) in [6, 6.07) is 0. The van der Waals surface area contributed by atoms with Crippen LogP contribution in [0.4, 0.5) is 0 Å². The monoisotopic (exact) mass is 311 g/mol. The lowest BCUT2D eigenvalue weighted by atomic mass is 10.1. The first kappa shape index (κ1) is 19.0. The Labute approximate surface area is 135 Å². The third-order valence-electron chi connectivity index (χ3n) is 4.18. The predicted molar refractivity (Wildman–Crippen MR) is 88.5 cm³/mol. The van der Waals surface area contributed by atoms with Crippen LogP contribution < -0.4 is 0 Å². The minimum atomic E-state index is -0.260. The van der Waals surface area contributed by atoms with E-state index in [0.29, 0.717) is 13.0 Å². The molecule has 0 radical (unpaired) electrons. The Morgan fingerprint density at radius 1 is 1.14 bits per heavy atom. The van der Waals surface area contributed by atoms with Crippen LogP contribution in [0.15, 0.2) is 0 Å². The summed E-state index contributed by atoms with van der Waals surface area (Å²) in [4.78, 5) is 25.6. The van der Waals surface area contributed by atoms with E-state index in [9.17, 15) is 9.59 Å². The van der Waals surface area contributed by atoms with E-state index in [4.69, 9.17) is 4.74 Å². The van der Waals surface area contributed by atoms with Crippen LogP contribution in [0, 0.1) is 5.92 Å². The van der Waals surface area contributed by atoms with Crippen LogP contribution in [0.25, 0.3) is 0 Å². The first-order chi connectivity index (χ1) is 10.5. The van der Waals surface area contributed by atoms with E-state index < -0.39 is 0 Å². The van der Waals surface area contributed by atoms with Crippen LogP contribution in [0.3, 0.4) is 0 Å². The van der Waals surface area contributed by atoms with Crippen LogP contribution >= 0.6 is 0 Å². The van der Waals surface area contributed by atoms with Gasteiger partial charge in [-0.3, -0.25) is 9.59 Å². The van der Waals surface area contributed by atoms with Crippen molar-refractivity contribution in [2.45, 2.75) is 84.7 Å². The number of nitrogens with zero attached hydrogens (tertiary/aromatic N) is 1. The molecule has 0 aromatic carbocycles. The first-order valence-corrected chi connectivity index (χ1v) is 9.02. The average molecular weight is 311 g/mol. The van der Waals surface area contributed by atoms with E-state index in [-0.39, 0.29) is 23.9 Å². The highest BCUT2D eigenvalue weighted by molar-refractivity contribution is 5.86. The number of ether oxygens (including phenoxy) is 1. The van der Waals surface area contributed by atoms with Crippen molar-refractivity contribution in [3.63, 3.8) is 0 Å². The van der Waals surface area contributed by atoms with Gasteiger partial charge >= 0.3 is 5.97 Å². The van der Waals surface area contributed by atoms with E-state index in [1.165, 1.54) is 44.9 Å². The molecule has 1 rings (SSSR count). The van der Waals surface area contributed by atoms with Crippen molar-refractivity contribution < 1.29 is 14.3 Å². The van der Waals surface area contributed by atoms with Gasteiger partial charge < -0.3 is 9.64 Å². The molecule has 1 aliphatic heterocycles. The maximum atomic E-state index is 11.9. The van der Waals surface area contributed by atoms with Gasteiger partial charge in [0, 0.05) is 19.5 Å². The van der Waals surface area contributed by atoms with Crippen molar-refractivity contribution in [1.82, 2.24) is 4.90 Å². The van der Waals surface area contributed by atoms with Crippen LogP contribution in [0.5, 0.6) is 0 Å². The molecular formula is C18H33NO3. The highest BCUT2D eigenvalue weighted by Crippen LogP contribution is 2.20. The van der Waals surface area contributed by atoms with Gasteiger partial charge in [-0.15, -0.1) is 0 Å². The summed E-state index contributed by atoms with van der Waals surface area (Å²) >= 11 is 0. The molecule has 4 nitrogen and oxygen atoms in total. The smallest absolute Gasteiger partial charge is 0.311 e. The molecule has 0 N–H and O–H groups in total. The molecule has 1 unspecified atom stereocenters. The van der Waals surface area contributed by atoms with Crippen LogP contribution in [0.1, 0.15) is 78.6 Å². The second-order valence-electron chi connectivity index (χ2n) is 6.70. The maximum Gasteiger partial charge on any atom is 0.311 e. The predicted octanol–water partition coefficient (Wildman–Crippen LogP) is 3.93. The topological polar surface area (TPSA) is 46.6 Å². The molecule has 1 atom stereocenters. The highest BCUT2D eigenvalue weighted by atomic mass is 16.5. The lowest BCUT2D eigenvalue weighted by molar-refractivity contribution is -0.152. The minimum Gasteiger partial charge on any atom is -0.463 e. The Balaban J connectivity index is 2.11. The Hall–Kier alpha value is -1.06. The van der Waals surface area contributed by atoms with Crippen molar-refractivity contribution >= 4 is 11.9 Å². The second-order valence-corrected chi connectivity index (χ2v) is 6.70. The molecule has 4 heteroatoms. The number of esters is 1. The second kappa shape index (κ2) is 10.6. The normalized spacial score (nSPS) is 18.3. The summed E-state index contributed by atoms with van der Waals surface area (Å²) in [6.07, 6.45) is 10.3. The van der Waals surface area contributed by atoms with E-state index in [1.54, 1.807) is 0 Å². The molecule has 1 heterocycles. The SMILES string of the molecule is CCCCCCCCCCN1CC(C(=O)OC(C)C)CC1=O. The zero-order valence-electron chi connectivity index (χ0n) is 14.6. The number of carbonyl (C=O) groups excluding carboxylic acids is 2. The summed E-state index contributed by atoms with van der Waals surface area (Å²) < 4.78 is 5.20. The van der Waals surface area contributed by atoms with Gasteiger partial charge in [-0.2, -0.15) is 0 Å². The van der Waals surface area contributed by atoms with Gasteiger partial charge in [0.1, 0.15) is 0 Å². The van der Waals surface area contributed by atoms with Crippen molar-refractivity contribution in [2.75, 3.05) is 13.1 Å². The van der Waals surface area contributed by atoms with Crippen molar-refractivity contribution in [1.29, 1.82) is 0 Å². The Bertz CT molecular complexity index is 341. The zero-order valence-corrected chi connectivity index (χ0v) is 14.6. The molecule has 128 valence electrons. The molecule has 0 spiro atoms. The maximum absolute atomic E-state index is 11.9. The molecule has 1 aliphatic rings. The number of carbonyl (C=O) groups is 2. The molecule has 0 aromatic heterocycles. The van der Waals surface area contributed by atoms with Crippen LogP contribution in [0.2, 0.25) is 0 Å². The molecule has 0 bridgehead atoms. The molecule has 1 saturated heterocycles. The van der Waals surface area contributed by atoms with E-state index in [1.807, 2.05) is 18.7 Å². The molecular weight excluding hydrogens is 278 g/mol. The number of hydrogen-bond donors (Lipinski definition) is 0. The van der Waals surface area contributed by atoms with Crippen LogP contribution in [-0.2, 0) is 14.3 Å². The fourth-order valence-electron chi connectivity index (χ4n) is 2.91. The van der Waals surface area contributed by atoms with Crippen molar-refractivity contribution in [3.05, 3.63) is 0 Å². The van der Waals surface area contributed by atoms with E-state index >= 15 is 0 Å². The molecule has 0 aromatic rings. The molecule has 1 fully saturated rings. The van der Waals surface area contributed by atoms with Crippen molar-refractivity contribution in [3.8, 4) is 0 Å². The molecule has 0 aliphatic carbocycles. The van der Waals surface area contributed by atoms with Gasteiger partial charge in [-0.25, -0.2) is 0 Å². The number of amides is 1. The van der Waals surface area contributed by atoms with Gasteiger partial charge in [0.15, 0.2) is 0 Å². The van der Waals surface area contributed by atoms with Gasteiger partial charge in [0.2, 0.25) is 5.91 Å². The largest absolute Gasteiger partial charge is 0.463 e. The van der Waals surface area contributed by atoms with Crippen LogP contribution in [-0.4, -0.2) is 36.0 Å². The molecule has 0 saturated carbocycles. The summed E-state index contributed by atoms with van der Waals surface area (Å²) in [5.41, 5.74) is 0. The van der Waals surface area contributed by atoms with Gasteiger partial charge in [-0.1, -0.05) is 51.9 Å². The Kier molecular flexibility index (Phi) is 9.17. The lowest BCUT2D eigenvalue weighted by Gasteiger charge is -2.16.